The van der Waals surface area contributed by atoms with E-state index in [9.17, 15) is 9.18 Å². The van der Waals surface area contributed by atoms with E-state index >= 15 is 0 Å². The molecule has 0 saturated heterocycles. The Bertz CT molecular complexity index is 835. The Morgan fingerprint density at radius 1 is 0.960 bits per heavy atom. The molecule has 3 rings (SSSR count). The van der Waals surface area contributed by atoms with Gasteiger partial charge in [-0.3, -0.25) is 9.78 Å². The maximum atomic E-state index is 12.9. The Kier molecular flexibility index (Phi) is 5.36. The van der Waals surface area contributed by atoms with E-state index in [2.05, 4.69) is 15.6 Å². The second kappa shape index (κ2) is 8.06. The van der Waals surface area contributed by atoms with Crippen LogP contribution >= 0.6 is 0 Å². The standard InChI is InChI=1S/C20H18FN3O/c21-17-8-6-15(7-9-17)10-11-23-19-12-16(13-22-14-19)20(25)24-18-4-2-1-3-5-18/h1-9,12-14,23H,10-11H2,(H,24,25). The number of benzene rings is 2. The Morgan fingerprint density at radius 3 is 2.48 bits per heavy atom. The minimum atomic E-state index is -0.238. The first-order valence-electron chi connectivity index (χ1n) is 8.00. The smallest absolute Gasteiger partial charge is 0.257 e. The molecule has 1 heterocycles. The van der Waals surface area contributed by atoms with Gasteiger partial charge in [0.15, 0.2) is 0 Å². The molecule has 2 aromatic carbocycles. The average molecular weight is 335 g/mol. The van der Waals surface area contributed by atoms with Crippen molar-refractivity contribution >= 4 is 17.3 Å². The summed E-state index contributed by atoms with van der Waals surface area (Å²) in [6.45, 7) is 0.664. The van der Waals surface area contributed by atoms with E-state index in [-0.39, 0.29) is 11.7 Å². The lowest BCUT2D eigenvalue weighted by atomic mass is 10.1. The highest BCUT2D eigenvalue weighted by Gasteiger charge is 2.07. The molecule has 0 aliphatic rings. The lowest BCUT2D eigenvalue weighted by molar-refractivity contribution is 0.102. The molecule has 0 bridgehead atoms. The van der Waals surface area contributed by atoms with E-state index in [1.54, 1.807) is 24.4 Å². The van der Waals surface area contributed by atoms with Crippen molar-refractivity contribution in [2.75, 3.05) is 17.2 Å². The largest absolute Gasteiger partial charge is 0.383 e. The van der Waals surface area contributed by atoms with Gasteiger partial charge in [0.05, 0.1) is 11.3 Å². The molecule has 0 aliphatic carbocycles. The molecule has 2 N–H and O–H groups in total. The number of aromatic nitrogens is 1. The molecule has 1 amide bonds. The van der Waals surface area contributed by atoms with Crippen LogP contribution in [0.15, 0.2) is 73.1 Å². The third kappa shape index (κ3) is 4.88. The number of halogens is 1. The van der Waals surface area contributed by atoms with Gasteiger partial charge in [-0.25, -0.2) is 4.39 Å². The summed E-state index contributed by atoms with van der Waals surface area (Å²) in [5, 5.41) is 6.06. The molecule has 0 atom stereocenters. The van der Waals surface area contributed by atoms with Gasteiger partial charge in [0.2, 0.25) is 0 Å². The summed E-state index contributed by atoms with van der Waals surface area (Å²) in [6, 6.07) is 17.5. The summed E-state index contributed by atoms with van der Waals surface area (Å²) in [7, 11) is 0. The lowest BCUT2D eigenvalue weighted by Gasteiger charge is -2.09. The number of hydrogen-bond donors (Lipinski definition) is 2. The number of amides is 1. The molecule has 0 fully saturated rings. The number of nitrogens with zero attached hydrogens (tertiary/aromatic N) is 1. The first-order valence-corrected chi connectivity index (χ1v) is 8.00. The molecule has 0 unspecified atom stereocenters. The molecule has 0 spiro atoms. The van der Waals surface area contributed by atoms with Gasteiger partial charge < -0.3 is 10.6 Å². The van der Waals surface area contributed by atoms with Crippen molar-refractivity contribution in [1.29, 1.82) is 0 Å². The monoisotopic (exact) mass is 335 g/mol. The molecule has 5 heteroatoms. The number of carbonyl (C=O) groups is 1. The molecular weight excluding hydrogens is 317 g/mol. The molecular formula is C20H18FN3O. The van der Waals surface area contributed by atoms with Crippen LogP contribution in [0.25, 0.3) is 0 Å². The van der Waals surface area contributed by atoms with Crippen LogP contribution in [0.3, 0.4) is 0 Å². The van der Waals surface area contributed by atoms with Crippen LogP contribution in [-0.4, -0.2) is 17.4 Å². The zero-order valence-corrected chi connectivity index (χ0v) is 13.6. The quantitative estimate of drug-likeness (QED) is 0.712. The van der Waals surface area contributed by atoms with Crippen LogP contribution in [0.4, 0.5) is 15.8 Å². The summed E-state index contributed by atoms with van der Waals surface area (Å²) in [6.07, 6.45) is 3.95. The Morgan fingerprint density at radius 2 is 1.72 bits per heavy atom. The summed E-state index contributed by atoms with van der Waals surface area (Å²) in [4.78, 5) is 16.4. The maximum absolute atomic E-state index is 12.9. The van der Waals surface area contributed by atoms with Gasteiger partial charge in [-0.1, -0.05) is 30.3 Å². The Labute approximate surface area is 145 Å². The molecule has 0 saturated carbocycles. The molecule has 3 aromatic rings. The third-order valence-electron chi connectivity index (χ3n) is 3.69. The molecule has 0 aliphatic heterocycles. The highest BCUT2D eigenvalue weighted by Crippen LogP contribution is 2.12. The maximum Gasteiger partial charge on any atom is 0.257 e. The summed E-state index contributed by atoms with van der Waals surface area (Å²) in [5.74, 6) is -0.445. The van der Waals surface area contributed by atoms with Crippen molar-refractivity contribution < 1.29 is 9.18 Å². The van der Waals surface area contributed by atoms with E-state index in [1.165, 1.54) is 18.3 Å². The van der Waals surface area contributed by atoms with Crippen LogP contribution in [0, 0.1) is 5.82 Å². The number of para-hydroxylation sites is 1. The van der Waals surface area contributed by atoms with Crippen molar-refractivity contribution in [2.45, 2.75) is 6.42 Å². The van der Waals surface area contributed by atoms with Gasteiger partial charge in [-0.2, -0.15) is 0 Å². The van der Waals surface area contributed by atoms with E-state index in [1.807, 2.05) is 30.3 Å². The number of rotatable bonds is 6. The number of hydrogen-bond acceptors (Lipinski definition) is 3. The Hall–Kier alpha value is -3.21. The van der Waals surface area contributed by atoms with Gasteiger partial charge >= 0.3 is 0 Å². The topological polar surface area (TPSA) is 54.0 Å². The predicted octanol–water partition coefficient (Wildman–Crippen LogP) is 4.13. The van der Waals surface area contributed by atoms with Crippen LogP contribution in [0.2, 0.25) is 0 Å². The van der Waals surface area contributed by atoms with E-state index in [4.69, 9.17) is 0 Å². The van der Waals surface area contributed by atoms with E-state index < -0.39 is 0 Å². The van der Waals surface area contributed by atoms with E-state index in [0.717, 1.165) is 23.4 Å². The fraction of sp³-hybridized carbons (Fsp3) is 0.100. The first kappa shape index (κ1) is 16.6. The Balaban J connectivity index is 1.57. The second-order valence-electron chi connectivity index (χ2n) is 5.59. The minimum Gasteiger partial charge on any atom is -0.383 e. The van der Waals surface area contributed by atoms with Crippen molar-refractivity contribution in [3.63, 3.8) is 0 Å². The van der Waals surface area contributed by atoms with Crippen molar-refractivity contribution in [3.05, 3.63) is 90.0 Å². The van der Waals surface area contributed by atoms with Gasteiger partial charge in [-0.05, 0) is 42.3 Å². The van der Waals surface area contributed by atoms with Gasteiger partial charge in [0, 0.05) is 24.6 Å². The van der Waals surface area contributed by atoms with Gasteiger partial charge in [0.1, 0.15) is 5.82 Å². The fourth-order valence-corrected chi connectivity index (χ4v) is 2.39. The minimum absolute atomic E-state index is 0.208. The van der Waals surface area contributed by atoms with Crippen molar-refractivity contribution in [2.24, 2.45) is 0 Å². The van der Waals surface area contributed by atoms with Crippen LogP contribution in [0.5, 0.6) is 0 Å². The highest BCUT2D eigenvalue weighted by molar-refractivity contribution is 6.04. The summed E-state index contributed by atoms with van der Waals surface area (Å²) >= 11 is 0. The SMILES string of the molecule is O=C(Nc1ccccc1)c1cncc(NCCc2ccc(F)cc2)c1. The number of pyridine rings is 1. The van der Waals surface area contributed by atoms with Crippen LogP contribution < -0.4 is 10.6 Å². The number of carbonyl (C=O) groups excluding carboxylic acids is 1. The van der Waals surface area contributed by atoms with Gasteiger partial charge in [0.25, 0.3) is 5.91 Å². The predicted molar refractivity (Wildman–Crippen MR) is 97.2 cm³/mol. The molecule has 4 nitrogen and oxygen atoms in total. The number of anilines is 2. The zero-order valence-electron chi connectivity index (χ0n) is 13.6. The van der Waals surface area contributed by atoms with Gasteiger partial charge in [-0.15, -0.1) is 0 Å². The molecule has 1 aromatic heterocycles. The number of nitrogens with one attached hydrogen (secondary N) is 2. The average Bonchev–Trinajstić information content (AvgIpc) is 2.64. The second-order valence-corrected chi connectivity index (χ2v) is 5.59. The first-order chi connectivity index (χ1) is 12.2. The van der Waals surface area contributed by atoms with E-state index in [0.29, 0.717) is 12.1 Å². The molecule has 126 valence electrons. The zero-order chi connectivity index (χ0) is 17.5. The van der Waals surface area contributed by atoms with Crippen LogP contribution in [-0.2, 0) is 6.42 Å². The third-order valence-corrected chi connectivity index (χ3v) is 3.69. The fourth-order valence-electron chi connectivity index (χ4n) is 2.39. The summed E-state index contributed by atoms with van der Waals surface area (Å²) in [5.41, 5.74) is 3.03. The highest BCUT2D eigenvalue weighted by atomic mass is 19.1. The summed E-state index contributed by atoms with van der Waals surface area (Å²) < 4.78 is 12.9. The normalized spacial score (nSPS) is 10.3. The molecule has 25 heavy (non-hydrogen) atoms. The van der Waals surface area contributed by atoms with Crippen molar-refractivity contribution in [1.82, 2.24) is 4.98 Å². The molecule has 0 radical (unpaired) electrons. The van der Waals surface area contributed by atoms with Crippen LogP contribution in [0.1, 0.15) is 15.9 Å². The lowest BCUT2D eigenvalue weighted by Crippen LogP contribution is -2.13. The van der Waals surface area contributed by atoms with Crippen molar-refractivity contribution in [3.8, 4) is 0 Å².